The van der Waals surface area contributed by atoms with Gasteiger partial charge in [-0.1, -0.05) is 65.7 Å². The van der Waals surface area contributed by atoms with Gasteiger partial charge in [0.1, 0.15) is 5.76 Å². The molecule has 3 rings (SSSR count). The van der Waals surface area contributed by atoms with Gasteiger partial charge in [0.25, 0.3) is 0 Å². The van der Waals surface area contributed by atoms with Gasteiger partial charge in [-0.15, -0.1) is 0 Å². The summed E-state index contributed by atoms with van der Waals surface area (Å²) >= 11 is 0. The highest BCUT2D eigenvalue weighted by Crippen LogP contribution is 2.43. The predicted octanol–water partition coefficient (Wildman–Crippen LogP) is 5.85. The molecule has 3 heteroatoms. The number of hydrogen-bond acceptors (Lipinski definition) is 2. The number of rotatable bonds is 4. The molecule has 0 aliphatic carbocycles. The fraction of sp³-hybridized carbons (Fsp3) is 0.333. The molecule has 1 aromatic rings. The summed E-state index contributed by atoms with van der Waals surface area (Å²) < 4.78 is 2.45. The van der Waals surface area contributed by atoms with Crippen molar-refractivity contribution in [1.82, 2.24) is 9.47 Å². The Morgan fingerprint density at radius 1 is 1.37 bits per heavy atom. The van der Waals surface area contributed by atoms with E-state index in [4.69, 9.17) is 0 Å². The normalized spacial score (nSPS) is 19.5. The summed E-state index contributed by atoms with van der Waals surface area (Å²) in [6, 6.07) is 2.50. The largest absolute Gasteiger partial charge is 0.508 e. The minimum atomic E-state index is 0.0558. The number of fused-ring (bicyclic) bond motifs is 3. The standard InChI is InChI=1S/C24H30N2O/c1-8-10-11-18-13-22-21-12-16(3)19(17(4)27)14-26(21)23(24(5,6)7)15-25(22)20(18)9-2/h8,10-14,23,27H,1,3-4,9,15H2,2,5-7H3/b11-10-. The molecule has 1 atom stereocenters. The minimum absolute atomic E-state index is 0.0558. The highest BCUT2D eigenvalue weighted by molar-refractivity contribution is 5.75. The molecule has 0 bridgehead atoms. The average Bonchev–Trinajstić information content (AvgIpc) is 2.95. The molecule has 3 nitrogen and oxygen atoms in total. The van der Waals surface area contributed by atoms with Crippen LogP contribution in [0.4, 0.5) is 0 Å². The van der Waals surface area contributed by atoms with Crippen LogP contribution < -0.4 is 0 Å². The Morgan fingerprint density at radius 2 is 2.07 bits per heavy atom. The van der Waals surface area contributed by atoms with Gasteiger partial charge in [0, 0.05) is 24.0 Å². The molecule has 1 aromatic heterocycles. The van der Waals surface area contributed by atoms with Crippen molar-refractivity contribution in [3.63, 3.8) is 0 Å². The molecule has 0 spiro atoms. The molecule has 1 N–H and O–H groups in total. The Bertz CT molecular complexity index is 900. The zero-order valence-corrected chi connectivity index (χ0v) is 16.9. The SMILES string of the molecule is C=C/C=C\c1cc2n(c1CC)CC(C(C)(C)C)N1C=C(C(=C)O)C(=C)C=C21. The molecule has 0 radical (unpaired) electrons. The third-order valence-corrected chi connectivity index (χ3v) is 5.46. The lowest BCUT2D eigenvalue weighted by atomic mass is 9.83. The Kier molecular flexibility index (Phi) is 4.81. The van der Waals surface area contributed by atoms with Crippen LogP contribution in [0, 0.1) is 5.41 Å². The van der Waals surface area contributed by atoms with Crippen LogP contribution >= 0.6 is 0 Å². The van der Waals surface area contributed by atoms with E-state index in [1.807, 2.05) is 18.4 Å². The maximum absolute atomic E-state index is 10.0. The monoisotopic (exact) mass is 362 g/mol. The first-order chi connectivity index (χ1) is 12.7. The lowest BCUT2D eigenvalue weighted by Gasteiger charge is -2.47. The van der Waals surface area contributed by atoms with Crippen LogP contribution in [-0.2, 0) is 13.0 Å². The Hall–Kier alpha value is -2.68. The number of hydrogen-bond donors (Lipinski definition) is 1. The van der Waals surface area contributed by atoms with Crippen LogP contribution in [0.3, 0.4) is 0 Å². The van der Waals surface area contributed by atoms with Crippen molar-refractivity contribution in [2.45, 2.75) is 46.7 Å². The second kappa shape index (κ2) is 6.80. The lowest BCUT2D eigenvalue weighted by molar-refractivity contribution is 0.160. The third-order valence-electron chi connectivity index (χ3n) is 5.46. The van der Waals surface area contributed by atoms with E-state index in [2.05, 4.69) is 75.1 Å². The third kappa shape index (κ3) is 3.23. The summed E-state index contributed by atoms with van der Waals surface area (Å²) in [5.41, 5.74) is 6.44. The van der Waals surface area contributed by atoms with Crippen LogP contribution in [0.15, 0.2) is 67.1 Å². The van der Waals surface area contributed by atoms with Crippen molar-refractivity contribution < 1.29 is 5.11 Å². The number of aromatic nitrogens is 1. The second-order valence-corrected chi connectivity index (χ2v) is 8.32. The fourth-order valence-electron chi connectivity index (χ4n) is 4.03. The first-order valence-electron chi connectivity index (χ1n) is 9.50. The van der Waals surface area contributed by atoms with Crippen molar-refractivity contribution in [2.24, 2.45) is 5.41 Å². The molecule has 3 heterocycles. The molecular weight excluding hydrogens is 332 g/mol. The quantitative estimate of drug-likeness (QED) is 0.538. The van der Waals surface area contributed by atoms with Gasteiger partial charge in [-0.3, -0.25) is 0 Å². The number of aliphatic hydroxyl groups is 1. The minimum Gasteiger partial charge on any atom is -0.508 e. The molecule has 2 aliphatic rings. The first kappa shape index (κ1) is 19.1. The van der Waals surface area contributed by atoms with E-state index in [1.165, 1.54) is 17.0 Å². The Labute approximate surface area is 163 Å². The highest BCUT2D eigenvalue weighted by atomic mass is 16.3. The van der Waals surface area contributed by atoms with Crippen molar-refractivity contribution in [1.29, 1.82) is 0 Å². The van der Waals surface area contributed by atoms with E-state index in [9.17, 15) is 5.11 Å². The summed E-state index contributed by atoms with van der Waals surface area (Å²) in [6.07, 6.45) is 11.0. The Balaban J connectivity index is 2.23. The molecule has 0 saturated heterocycles. The van der Waals surface area contributed by atoms with E-state index in [0.29, 0.717) is 5.57 Å². The van der Waals surface area contributed by atoms with Gasteiger partial charge in [-0.25, -0.2) is 0 Å². The fourth-order valence-corrected chi connectivity index (χ4v) is 4.03. The van der Waals surface area contributed by atoms with Crippen LogP contribution in [0.1, 0.15) is 44.6 Å². The van der Waals surface area contributed by atoms with Gasteiger partial charge < -0.3 is 14.6 Å². The van der Waals surface area contributed by atoms with E-state index in [0.717, 1.165) is 24.2 Å². The van der Waals surface area contributed by atoms with Gasteiger partial charge in [0.05, 0.1) is 17.4 Å². The van der Waals surface area contributed by atoms with Crippen molar-refractivity contribution in [2.75, 3.05) is 0 Å². The zero-order chi connectivity index (χ0) is 19.9. The van der Waals surface area contributed by atoms with Gasteiger partial charge in [0.2, 0.25) is 0 Å². The highest BCUT2D eigenvalue weighted by Gasteiger charge is 2.39. The summed E-state index contributed by atoms with van der Waals surface area (Å²) in [7, 11) is 0. The lowest BCUT2D eigenvalue weighted by Crippen LogP contribution is -2.47. The summed E-state index contributed by atoms with van der Waals surface area (Å²) in [5, 5.41) is 10.0. The predicted molar refractivity (Wildman–Crippen MR) is 115 cm³/mol. The molecule has 0 saturated carbocycles. The molecule has 0 fully saturated rings. The molecule has 27 heavy (non-hydrogen) atoms. The molecule has 142 valence electrons. The topological polar surface area (TPSA) is 28.4 Å². The molecular formula is C24H30N2O. The van der Waals surface area contributed by atoms with Gasteiger partial charge >= 0.3 is 0 Å². The average molecular weight is 363 g/mol. The maximum atomic E-state index is 10.0. The molecule has 2 aliphatic heterocycles. The second-order valence-electron chi connectivity index (χ2n) is 8.32. The van der Waals surface area contributed by atoms with Gasteiger partial charge in [-0.2, -0.15) is 0 Å². The van der Waals surface area contributed by atoms with E-state index < -0.39 is 0 Å². The van der Waals surface area contributed by atoms with E-state index in [1.54, 1.807) is 0 Å². The van der Waals surface area contributed by atoms with Crippen LogP contribution in [-0.4, -0.2) is 20.6 Å². The van der Waals surface area contributed by atoms with Crippen LogP contribution in [0.2, 0.25) is 0 Å². The van der Waals surface area contributed by atoms with Crippen LogP contribution in [0.5, 0.6) is 0 Å². The van der Waals surface area contributed by atoms with E-state index >= 15 is 0 Å². The zero-order valence-electron chi connectivity index (χ0n) is 16.9. The summed E-state index contributed by atoms with van der Waals surface area (Å²) in [4.78, 5) is 2.29. The van der Waals surface area contributed by atoms with Crippen LogP contribution in [0.25, 0.3) is 11.8 Å². The number of aliphatic hydroxyl groups excluding tert-OH is 1. The van der Waals surface area contributed by atoms with Gasteiger partial charge in [0.15, 0.2) is 0 Å². The van der Waals surface area contributed by atoms with Crippen molar-refractivity contribution in [3.8, 4) is 0 Å². The van der Waals surface area contributed by atoms with E-state index in [-0.39, 0.29) is 17.2 Å². The van der Waals surface area contributed by atoms with Gasteiger partial charge in [-0.05, 0) is 35.1 Å². The maximum Gasteiger partial charge on any atom is 0.117 e. The molecule has 0 aromatic carbocycles. The number of allylic oxidation sites excluding steroid dienone is 4. The first-order valence-corrected chi connectivity index (χ1v) is 9.50. The van der Waals surface area contributed by atoms with Crippen molar-refractivity contribution in [3.05, 3.63) is 84.1 Å². The van der Waals surface area contributed by atoms with Crippen molar-refractivity contribution >= 4 is 11.8 Å². The number of nitrogens with zero attached hydrogens (tertiary/aromatic N) is 2. The summed E-state index contributed by atoms with van der Waals surface area (Å²) in [5.74, 6) is 0.0627. The Morgan fingerprint density at radius 3 is 2.63 bits per heavy atom. The summed E-state index contributed by atoms with van der Waals surface area (Å²) in [6.45, 7) is 21.5. The molecule has 0 amide bonds. The molecule has 1 unspecified atom stereocenters. The smallest absolute Gasteiger partial charge is 0.117 e.